The fraction of sp³-hybridized carbons (Fsp3) is 0.400. The first kappa shape index (κ1) is 15.4. The Morgan fingerprint density at radius 3 is 2.71 bits per heavy atom. The van der Waals surface area contributed by atoms with Gasteiger partial charge in [-0.2, -0.15) is 13.2 Å². The minimum atomic E-state index is -4.65. The van der Waals surface area contributed by atoms with Crippen molar-refractivity contribution in [1.29, 1.82) is 0 Å². The van der Waals surface area contributed by atoms with E-state index in [4.69, 9.17) is 9.47 Å². The van der Waals surface area contributed by atoms with E-state index in [0.717, 1.165) is 6.08 Å². The summed E-state index contributed by atoms with van der Waals surface area (Å²) in [6.07, 6.45) is -3.96. The summed E-state index contributed by atoms with van der Waals surface area (Å²) < 4.78 is 50.4. The smallest absolute Gasteiger partial charge is 0.432 e. The van der Waals surface area contributed by atoms with E-state index in [0.29, 0.717) is 5.56 Å². The second-order valence-electron chi connectivity index (χ2n) is 4.79. The summed E-state index contributed by atoms with van der Waals surface area (Å²) in [7, 11) is 0. The van der Waals surface area contributed by atoms with Crippen LogP contribution in [0.1, 0.15) is 24.5 Å². The minimum absolute atomic E-state index is 0.0226. The zero-order chi connectivity index (χ0) is 15.7. The number of halogens is 3. The highest BCUT2D eigenvalue weighted by molar-refractivity contribution is 5.86. The number of hydrogen-bond donors (Lipinski definition) is 0. The van der Waals surface area contributed by atoms with E-state index in [2.05, 4.69) is 0 Å². The normalized spacial score (nSPS) is 21.7. The number of carbonyl (C=O) groups excluding carboxylic acids is 1. The van der Waals surface area contributed by atoms with Crippen molar-refractivity contribution in [2.45, 2.75) is 32.0 Å². The molecule has 3 nitrogen and oxygen atoms in total. The van der Waals surface area contributed by atoms with Crippen LogP contribution in [0.25, 0.3) is 0 Å². The molecule has 0 amide bonds. The fourth-order valence-electron chi connectivity index (χ4n) is 2.24. The number of hydrogen-bond acceptors (Lipinski definition) is 3. The van der Waals surface area contributed by atoms with Gasteiger partial charge >= 0.3 is 12.1 Å². The van der Waals surface area contributed by atoms with Crippen molar-refractivity contribution in [1.82, 2.24) is 0 Å². The first-order valence-electron chi connectivity index (χ1n) is 6.50. The van der Waals surface area contributed by atoms with E-state index < -0.39 is 29.9 Å². The van der Waals surface area contributed by atoms with E-state index in [9.17, 15) is 18.0 Å². The van der Waals surface area contributed by atoms with Crippen LogP contribution in [0, 0.1) is 6.92 Å². The van der Waals surface area contributed by atoms with E-state index >= 15 is 0 Å². The van der Waals surface area contributed by atoms with Crippen molar-refractivity contribution < 1.29 is 27.4 Å². The van der Waals surface area contributed by atoms with Crippen LogP contribution in [0.3, 0.4) is 0 Å². The minimum Gasteiger partial charge on any atom is -0.465 e. The maximum Gasteiger partial charge on any atom is 0.432 e. The molecule has 0 saturated carbocycles. The van der Waals surface area contributed by atoms with Gasteiger partial charge < -0.3 is 9.47 Å². The zero-order valence-electron chi connectivity index (χ0n) is 11.7. The molecule has 0 fully saturated rings. The van der Waals surface area contributed by atoms with Crippen molar-refractivity contribution >= 4 is 5.97 Å². The summed E-state index contributed by atoms with van der Waals surface area (Å²) in [5.74, 6) is -1.27. The monoisotopic (exact) mass is 300 g/mol. The van der Waals surface area contributed by atoms with Crippen molar-refractivity contribution in [2.75, 3.05) is 6.61 Å². The number of rotatable bonds is 3. The molecule has 0 saturated heterocycles. The number of carbonyl (C=O) groups is 1. The topological polar surface area (TPSA) is 35.5 Å². The van der Waals surface area contributed by atoms with Crippen molar-refractivity contribution in [2.24, 2.45) is 0 Å². The van der Waals surface area contributed by atoms with Crippen LogP contribution in [0.15, 0.2) is 36.1 Å². The van der Waals surface area contributed by atoms with Crippen molar-refractivity contribution in [3.05, 3.63) is 47.2 Å². The molecule has 1 aliphatic heterocycles. The maximum absolute atomic E-state index is 13.5. The molecule has 2 rings (SSSR count). The molecule has 6 heteroatoms. The van der Waals surface area contributed by atoms with Crippen LogP contribution in [0.5, 0.6) is 0 Å². The number of aryl methyl sites for hydroxylation is 1. The van der Waals surface area contributed by atoms with Gasteiger partial charge in [0.1, 0.15) is 0 Å². The Morgan fingerprint density at radius 1 is 1.43 bits per heavy atom. The van der Waals surface area contributed by atoms with E-state index in [1.807, 2.05) is 0 Å². The second-order valence-corrected chi connectivity index (χ2v) is 4.79. The molecular weight excluding hydrogens is 285 g/mol. The molecule has 1 heterocycles. The van der Waals surface area contributed by atoms with Crippen molar-refractivity contribution in [3.8, 4) is 0 Å². The van der Waals surface area contributed by atoms with Crippen LogP contribution in [0.2, 0.25) is 0 Å². The van der Waals surface area contributed by atoms with Gasteiger partial charge in [-0.3, -0.25) is 0 Å². The summed E-state index contributed by atoms with van der Waals surface area (Å²) in [5, 5.41) is 0. The highest BCUT2D eigenvalue weighted by Crippen LogP contribution is 2.50. The average Bonchev–Trinajstić information content (AvgIpc) is 2.85. The molecule has 0 bridgehead atoms. The molecule has 0 aromatic heterocycles. The Kier molecular flexibility index (Phi) is 3.98. The molecule has 1 unspecified atom stereocenters. The lowest BCUT2D eigenvalue weighted by molar-refractivity contribution is -0.265. The van der Waals surface area contributed by atoms with Gasteiger partial charge in [-0.15, -0.1) is 0 Å². The molecule has 114 valence electrons. The summed E-state index contributed by atoms with van der Waals surface area (Å²) in [6, 6.07) is 5.99. The van der Waals surface area contributed by atoms with Crippen LogP contribution < -0.4 is 0 Å². The Morgan fingerprint density at radius 2 is 2.14 bits per heavy atom. The Bertz CT molecular complexity index is 578. The van der Waals surface area contributed by atoms with Crippen molar-refractivity contribution in [3.63, 3.8) is 0 Å². The third-order valence-electron chi connectivity index (χ3n) is 3.28. The van der Waals surface area contributed by atoms with Gasteiger partial charge in [-0.05, 0) is 19.9 Å². The molecule has 1 aliphatic rings. The highest BCUT2D eigenvalue weighted by atomic mass is 19.4. The first-order chi connectivity index (χ1) is 9.80. The van der Waals surface area contributed by atoms with Crippen LogP contribution in [0.4, 0.5) is 13.2 Å². The van der Waals surface area contributed by atoms with Crippen LogP contribution in [-0.4, -0.2) is 18.8 Å². The van der Waals surface area contributed by atoms with E-state index in [1.54, 1.807) is 19.9 Å². The quantitative estimate of drug-likeness (QED) is 0.800. The standard InChI is InChI=1S/C15H15F3O3/c1-3-20-13(19)12-7-8-14(21-12,15(16,17)18)11-6-4-5-10(2)9-11/h4-7,9H,3,8H2,1-2H3. The summed E-state index contributed by atoms with van der Waals surface area (Å²) >= 11 is 0. The lowest BCUT2D eigenvalue weighted by Crippen LogP contribution is -2.42. The molecular formula is C15H15F3O3. The van der Waals surface area contributed by atoms with Crippen LogP contribution >= 0.6 is 0 Å². The van der Waals surface area contributed by atoms with E-state index in [1.165, 1.54) is 18.2 Å². The molecule has 0 aliphatic carbocycles. The molecule has 0 N–H and O–H groups in total. The molecule has 1 atom stereocenters. The Balaban J connectivity index is 2.38. The van der Waals surface area contributed by atoms with Gasteiger partial charge in [0.05, 0.1) is 6.61 Å². The summed E-state index contributed by atoms with van der Waals surface area (Å²) in [5.41, 5.74) is -1.86. The van der Waals surface area contributed by atoms with Gasteiger partial charge in [-0.25, -0.2) is 4.79 Å². The van der Waals surface area contributed by atoms with Gasteiger partial charge in [0.2, 0.25) is 11.4 Å². The maximum atomic E-state index is 13.5. The first-order valence-corrected chi connectivity index (χ1v) is 6.50. The van der Waals surface area contributed by atoms with Gasteiger partial charge in [0.15, 0.2) is 0 Å². The summed E-state index contributed by atoms with van der Waals surface area (Å²) in [6.45, 7) is 3.34. The Labute approximate surface area is 120 Å². The molecule has 1 aromatic rings. The molecule has 1 aromatic carbocycles. The third-order valence-corrected chi connectivity index (χ3v) is 3.28. The SMILES string of the molecule is CCOC(=O)C1=CCC(c2cccc(C)c2)(C(F)(F)F)O1. The van der Waals surface area contributed by atoms with Crippen LogP contribution in [-0.2, 0) is 19.9 Å². The van der Waals surface area contributed by atoms with E-state index in [-0.39, 0.29) is 12.2 Å². The predicted octanol–water partition coefficient (Wildman–Crippen LogP) is 3.62. The Hall–Kier alpha value is -1.98. The van der Waals surface area contributed by atoms with Gasteiger partial charge in [-0.1, -0.05) is 29.8 Å². The molecule has 0 spiro atoms. The number of alkyl halides is 3. The zero-order valence-corrected chi connectivity index (χ0v) is 11.7. The third kappa shape index (κ3) is 2.75. The van der Waals surface area contributed by atoms with Gasteiger partial charge in [0, 0.05) is 12.0 Å². The fourth-order valence-corrected chi connectivity index (χ4v) is 2.24. The second kappa shape index (κ2) is 5.42. The number of esters is 1. The lowest BCUT2D eigenvalue weighted by atomic mass is 9.89. The molecule has 0 radical (unpaired) electrons. The van der Waals surface area contributed by atoms with Gasteiger partial charge in [0.25, 0.3) is 0 Å². The highest BCUT2D eigenvalue weighted by Gasteiger charge is 2.61. The molecule has 21 heavy (non-hydrogen) atoms. The number of benzene rings is 1. The predicted molar refractivity (Wildman–Crippen MR) is 69.3 cm³/mol. The summed E-state index contributed by atoms with van der Waals surface area (Å²) in [4.78, 5) is 11.6. The lowest BCUT2D eigenvalue weighted by Gasteiger charge is -2.32. The number of ether oxygens (including phenoxy) is 2. The largest absolute Gasteiger partial charge is 0.465 e. The average molecular weight is 300 g/mol.